The number of carboxylic acid groups (broad SMARTS) is 1. The topological polar surface area (TPSA) is 66.8 Å². The zero-order valence-electron chi connectivity index (χ0n) is 11.5. The Bertz CT molecular complexity index is 460. The molecule has 0 spiro atoms. The van der Waals surface area contributed by atoms with Crippen LogP contribution in [0.3, 0.4) is 0 Å². The van der Waals surface area contributed by atoms with Crippen molar-refractivity contribution in [2.45, 2.75) is 13.3 Å². The SMILES string of the molecule is CC(C=CCCO)C=CCOc1ccc(C(=O)O)cc1. The number of aliphatic hydroxyl groups is 1. The summed E-state index contributed by atoms with van der Waals surface area (Å²) in [5.41, 5.74) is 0.246. The summed E-state index contributed by atoms with van der Waals surface area (Å²) in [4.78, 5) is 10.7. The van der Waals surface area contributed by atoms with Gasteiger partial charge in [-0.25, -0.2) is 4.79 Å². The first kappa shape index (κ1) is 16.0. The monoisotopic (exact) mass is 276 g/mol. The largest absolute Gasteiger partial charge is 0.490 e. The van der Waals surface area contributed by atoms with Gasteiger partial charge in [0.05, 0.1) is 5.56 Å². The van der Waals surface area contributed by atoms with Crippen LogP contribution in [0.25, 0.3) is 0 Å². The molecule has 4 heteroatoms. The normalized spacial score (nSPS) is 12.9. The minimum absolute atomic E-state index is 0.169. The van der Waals surface area contributed by atoms with Crippen molar-refractivity contribution in [1.82, 2.24) is 0 Å². The highest BCUT2D eigenvalue weighted by Gasteiger charge is 2.01. The molecule has 0 saturated carbocycles. The Morgan fingerprint density at radius 2 is 1.90 bits per heavy atom. The third-order valence-corrected chi connectivity index (χ3v) is 2.62. The molecule has 0 aliphatic heterocycles. The molecule has 0 saturated heterocycles. The second-order valence-electron chi connectivity index (χ2n) is 4.37. The maximum atomic E-state index is 10.7. The summed E-state index contributed by atoms with van der Waals surface area (Å²) in [5.74, 6) is -0.0115. The van der Waals surface area contributed by atoms with Crippen LogP contribution < -0.4 is 4.74 Å². The second kappa shape index (κ2) is 8.93. The third kappa shape index (κ3) is 6.20. The first-order chi connectivity index (χ1) is 9.63. The van der Waals surface area contributed by atoms with Gasteiger partial charge in [-0.3, -0.25) is 0 Å². The highest BCUT2D eigenvalue weighted by Crippen LogP contribution is 2.12. The van der Waals surface area contributed by atoms with Gasteiger partial charge in [0.2, 0.25) is 0 Å². The predicted octanol–water partition coefficient (Wildman–Crippen LogP) is 2.89. The molecule has 0 aliphatic carbocycles. The molecule has 0 aromatic heterocycles. The van der Waals surface area contributed by atoms with Crippen molar-refractivity contribution in [3.63, 3.8) is 0 Å². The van der Waals surface area contributed by atoms with Gasteiger partial charge < -0.3 is 14.9 Å². The maximum absolute atomic E-state index is 10.7. The Morgan fingerprint density at radius 1 is 1.25 bits per heavy atom. The lowest BCUT2D eigenvalue weighted by atomic mass is 10.1. The summed E-state index contributed by atoms with van der Waals surface area (Å²) < 4.78 is 5.47. The highest BCUT2D eigenvalue weighted by atomic mass is 16.5. The van der Waals surface area contributed by atoms with Gasteiger partial charge >= 0.3 is 5.97 Å². The van der Waals surface area contributed by atoms with Crippen LogP contribution in [0.15, 0.2) is 48.6 Å². The van der Waals surface area contributed by atoms with E-state index < -0.39 is 5.97 Å². The van der Waals surface area contributed by atoms with E-state index in [2.05, 4.69) is 0 Å². The smallest absolute Gasteiger partial charge is 0.335 e. The average Bonchev–Trinajstić information content (AvgIpc) is 2.44. The highest BCUT2D eigenvalue weighted by molar-refractivity contribution is 5.87. The number of carboxylic acids is 1. The number of ether oxygens (including phenoxy) is 1. The van der Waals surface area contributed by atoms with E-state index in [9.17, 15) is 4.79 Å². The van der Waals surface area contributed by atoms with E-state index in [1.54, 1.807) is 12.1 Å². The van der Waals surface area contributed by atoms with E-state index in [1.165, 1.54) is 12.1 Å². The quantitative estimate of drug-likeness (QED) is 0.716. The lowest BCUT2D eigenvalue weighted by Crippen LogP contribution is -1.97. The van der Waals surface area contributed by atoms with Gasteiger partial charge in [0.25, 0.3) is 0 Å². The third-order valence-electron chi connectivity index (χ3n) is 2.62. The first-order valence-corrected chi connectivity index (χ1v) is 6.54. The van der Waals surface area contributed by atoms with Crippen molar-refractivity contribution in [1.29, 1.82) is 0 Å². The Morgan fingerprint density at radius 3 is 2.50 bits per heavy atom. The molecule has 0 heterocycles. The van der Waals surface area contributed by atoms with E-state index >= 15 is 0 Å². The van der Waals surface area contributed by atoms with Crippen molar-refractivity contribution >= 4 is 5.97 Å². The number of rotatable bonds is 8. The van der Waals surface area contributed by atoms with E-state index in [0.717, 1.165) is 0 Å². The van der Waals surface area contributed by atoms with Gasteiger partial charge in [-0.2, -0.15) is 0 Å². The van der Waals surface area contributed by atoms with Gasteiger partial charge in [-0.05, 0) is 36.6 Å². The molecule has 20 heavy (non-hydrogen) atoms. The minimum Gasteiger partial charge on any atom is -0.490 e. The molecule has 2 N–H and O–H groups in total. The van der Waals surface area contributed by atoms with Crippen LogP contribution in [0.4, 0.5) is 0 Å². The molecule has 4 nitrogen and oxygen atoms in total. The van der Waals surface area contributed by atoms with Crippen molar-refractivity contribution in [2.24, 2.45) is 5.92 Å². The van der Waals surface area contributed by atoms with Gasteiger partial charge in [-0.15, -0.1) is 0 Å². The van der Waals surface area contributed by atoms with E-state index in [4.69, 9.17) is 14.9 Å². The predicted molar refractivity (Wildman–Crippen MR) is 78.0 cm³/mol. The lowest BCUT2D eigenvalue weighted by molar-refractivity contribution is 0.0697. The number of benzene rings is 1. The molecule has 1 unspecified atom stereocenters. The Balaban J connectivity index is 2.34. The number of aromatic carboxylic acids is 1. The molecule has 1 rings (SSSR count). The number of aliphatic hydroxyl groups excluding tert-OH is 1. The number of carbonyl (C=O) groups is 1. The minimum atomic E-state index is -0.945. The lowest BCUT2D eigenvalue weighted by Gasteiger charge is -2.04. The fraction of sp³-hybridized carbons (Fsp3) is 0.312. The summed E-state index contributed by atoms with van der Waals surface area (Å²) in [7, 11) is 0. The standard InChI is InChI=1S/C16H20O4/c1-13(5-2-3-11-17)6-4-12-20-15-9-7-14(8-10-15)16(18)19/h2,4-10,13,17H,3,11-12H2,1H3,(H,18,19). The molecule has 1 aromatic rings. The maximum Gasteiger partial charge on any atom is 0.335 e. The molecule has 0 fully saturated rings. The number of hydrogen-bond donors (Lipinski definition) is 2. The van der Waals surface area contributed by atoms with E-state index in [-0.39, 0.29) is 12.2 Å². The summed E-state index contributed by atoms with van der Waals surface area (Å²) in [5, 5.41) is 17.4. The van der Waals surface area contributed by atoms with Crippen LogP contribution in [0.5, 0.6) is 5.75 Å². The molecular formula is C16H20O4. The van der Waals surface area contributed by atoms with Crippen LogP contribution in [0.1, 0.15) is 23.7 Å². The van der Waals surface area contributed by atoms with Crippen molar-refractivity contribution in [3.8, 4) is 5.75 Å². The Kier molecular flexibility index (Phi) is 7.14. The van der Waals surface area contributed by atoms with Crippen LogP contribution in [-0.2, 0) is 0 Å². The number of hydrogen-bond acceptors (Lipinski definition) is 3. The molecule has 1 atom stereocenters. The van der Waals surface area contributed by atoms with Crippen LogP contribution in [0.2, 0.25) is 0 Å². The van der Waals surface area contributed by atoms with E-state index in [1.807, 2.05) is 31.2 Å². The second-order valence-corrected chi connectivity index (χ2v) is 4.37. The Hall–Kier alpha value is -2.07. The van der Waals surface area contributed by atoms with Crippen molar-refractivity contribution in [2.75, 3.05) is 13.2 Å². The zero-order chi connectivity index (χ0) is 14.8. The summed E-state index contributed by atoms with van der Waals surface area (Å²) in [6.45, 7) is 2.65. The summed E-state index contributed by atoms with van der Waals surface area (Å²) in [6.07, 6.45) is 8.57. The molecule has 0 bridgehead atoms. The molecule has 1 aromatic carbocycles. The van der Waals surface area contributed by atoms with Gasteiger partial charge in [-0.1, -0.05) is 31.2 Å². The fourth-order valence-electron chi connectivity index (χ4n) is 1.56. The van der Waals surface area contributed by atoms with Crippen LogP contribution in [-0.4, -0.2) is 29.4 Å². The van der Waals surface area contributed by atoms with Crippen LogP contribution >= 0.6 is 0 Å². The fourth-order valence-corrected chi connectivity index (χ4v) is 1.56. The summed E-state index contributed by atoms with van der Waals surface area (Å²) in [6, 6.07) is 6.31. The molecular weight excluding hydrogens is 256 g/mol. The summed E-state index contributed by atoms with van der Waals surface area (Å²) >= 11 is 0. The zero-order valence-corrected chi connectivity index (χ0v) is 11.5. The molecule has 0 radical (unpaired) electrons. The average molecular weight is 276 g/mol. The van der Waals surface area contributed by atoms with E-state index in [0.29, 0.717) is 24.7 Å². The first-order valence-electron chi connectivity index (χ1n) is 6.54. The van der Waals surface area contributed by atoms with Crippen molar-refractivity contribution < 1.29 is 19.7 Å². The number of allylic oxidation sites excluding steroid dienone is 2. The van der Waals surface area contributed by atoms with Gasteiger partial charge in [0, 0.05) is 6.61 Å². The molecule has 0 amide bonds. The molecule has 0 aliphatic rings. The van der Waals surface area contributed by atoms with Crippen LogP contribution in [0, 0.1) is 5.92 Å². The molecule has 108 valence electrons. The Labute approximate surface area is 119 Å². The van der Waals surface area contributed by atoms with Gasteiger partial charge in [0.15, 0.2) is 0 Å². The van der Waals surface area contributed by atoms with Gasteiger partial charge in [0.1, 0.15) is 12.4 Å². The van der Waals surface area contributed by atoms with Crippen molar-refractivity contribution in [3.05, 3.63) is 54.1 Å².